The van der Waals surface area contributed by atoms with Gasteiger partial charge in [-0.25, -0.2) is 0 Å². The number of nitrogens with zero attached hydrogens (tertiary/aromatic N) is 2. The molecule has 0 spiro atoms. The van der Waals surface area contributed by atoms with Crippen molar-refractivity contribution in [1.82, 2.24) is 4.90 Å². The lowest BCUT2D eigenvalue weighted by molar-refractivity contribution is -0.133. The predicted octanol–water partition coefficient (Wildman–Crippen LogP) is 0.996. The third kappa shape index (κ3) is 2.91. The highest BCUT2D eigenvalue weighted by atomic mass is 16.5. The Bertz CT molecular complexity index is 619. The minimum absolute atomic E-state index is 0.0364. The van der Waals surface area contributed by atoms with Crippen LogP contribution in [0.4, 0.5) is 5.69 Å². The molecule has 0 aromatic heterocycles. The smallest absolute Gasteiger partial charge is 0.268 e. The number of carbonyl (C=O) groups is 2. The zero-order valence-electron chi connectivity index (χ0n) is 13.6. The molecule has 2 aliphatic heterocycles. The first-order valence-electron chi connectivity index (χ1n) is 8.08. The Kier molecular flexibility index (Phi) is 4.26. The minimum Gasteiger partial charge on any atom is -0.479 e. The zero-order valence-corrected chi connectivity index (χ0v) is 13.6. The van der Waals surface area contributed by atoms with E-state index in [-0.39, 0.29) is 24.4 Å². The maximum Gasteiger partial charge on any atom is 0.268 e. The fourth-order valence-corrected chi connectivity index (χ4v) is 3.41. The first-order chi connectivity index (χ1) is 11.0. The van der Waals surface area contributed by atoms with Gasteiger partial charge >= 0.3 is 0 Å². The molecule has 0 radical (unpaired) electrons. The lowest BCUT2D eigenvalue weighted by Gasteiger charge is -2.34. The Balaban J connectivity index is 1.79. The van der Waals surface area contributed by atoms with E-state index in [1.807, 2.05) is 36.1 Å². The Morgan fingerprint density at radius 2 is 2.09 bits per heavy atom. The summed E-state index contributed by atoms with van der Waals surface area (Å²) in [5, 5.41) is 0. The van der Waals surface area contributed by atoms with Gasteiger partial charge in [-0.05, 0) is 44.9 Å². The topological polar surface area (TPSA) is 75.9 Å². The van der Waals surface area contributed by atoms with Gasteiger partial charge in [0.15, 0.2) is 6.10 Å². The van der Waals surface area contributed by atoms with Crippen LogP contribution >= 0.6 is 0 Å². The fourth-order valence-electron chi connectivity index (χ4n) is 3.41. The van der Waals surface area contributed by atoms with Crippen molar-refractivity contribution >= 4 is 17.5 Å². The van der Waals surface area contributed by atoms with Crippen molar-refractivity contribution in [2.24, 2.45) is 11.7 Å². The molecule has 1 saturated heterocycles. The Morgan fingerprint density at radius 1 is 1.35 bits per heavy atom. The third-order valence-corrected chi connectivity index (χ3v) is 4.68. The quantitative estimate of drug-likeness (QED) is 0.902. The summed E-state index contributed by atoms with van der Waals surface area (Å²) in [5.74, 6) is 0.771. The molecule has 2 heterocycles. The van der Waals surface area contributed by atoms with Crippen LogP contribution in [0.3, 0.4) is 0 Å². The lowest BCUT2D eigenvalue weighted by atomic mass is 10.1. The molecule has 0 aliphatic carbocycles. The molecule has 1 fully saturated rings. The highest BCUT2D eigenvalue weighted by molar-refractivity contribution is 6.03. The van der Waals surface area contributed by atoms with Gasteiger partial charge in [0.05, 0.1) is 5.69 Å². The van der Waals surface area contributed by atoms with Gasteiger partial charge in [0.1, 0.15) is 12.3 Å². The summed E-state index contributed by atoms with van der Waals surface area (Å²) in [7, 11) is 0. The highest BCUT2D eigenvalue weighted by Crippen LogP contribution is 2.34. The predicted molar refractivity (Wildman–Crippen MR) is 87.2 cm³/mol. The van der Waals surface area contributed by atoms with E-state index in [0.29, 0.717) is 30.4 Å². The van der Waals surface area contributed by atoms with Gasteiger partial charge in [-0.15, -0.1) is 0 Å². The number of rotatable bonds is 3. The van der Waals surface area contributed by atoms with Crippen molar-refractivity contribution in [2.75, 3.05) is 24.5 Å². The van der Waals surface area contributed by atoms with Gasteiger partial charge in [0.25, 0.3) is 5.91 Å². The molecule has 1 aromatic rings. The molecule has 6 heteroatoms. The monoisotopic (exact) mass is 317 g/mol. The standard InChI is InChI=1S/C17H23N3O3/c1-11-7-13(8-18)9-19(11)16(21)10-20-14-5-3-4-6-15(14)23-12(2)17(20)22/h3-6,11-13H,7-10,18H2,1-2H3. The number of hydrogen-bond acceptors (Lipinski definition) is 4. The van der Waals surface area contributed by atoms with Crippen molar-refractivity contribution in [3.63, 3.8) is 0 Å². The summed E-state index contributed by atoms with van der Waals surface area (Å²) in [6.45, 7) is 5.05. The number of nitrogens with two attached hydrogens (primary N) is 1. The van der Waals surface area contributed by atoms with Gasteiger partial charge in [0.2, 0.25) is 5.91 Å². The second kappa shape index (κ2) is 6.20. The van der Waals surface area contributed by atoms with Crippen molar-refractivity contribution < 1.29 is 14.3 Å². The third-order valence-electron chi connectivity index (χ3n) is 4.68. The number of hydrogen-bond donors (Lipinski definition) is 1. The minimum atomic E-state index is -0.578. The van der Waals surface area contributed by atoms with Crippen molar-refractivity contribution in [2.45, 2.75) is 32.4 Å². The molecule has 124 valence electrons. The van der Waals surface area contributed by atoms with Crippen LogP contribution in [0.1, 0.15) is 20.3 Å². The normalized spacial score (nSPS) is 26.9. The van der Waals surface area contributed by atoms with Crippen LogP contribution in [0.2, 0.25) is 0 Å². The fraction of sp³-hybridized carbons (Fsp3) is 0.529. The van der Waals surface area contributed by atoms with Gasteiger partial charge in [0, 0.05) is 12.6 Å². The van der Waals surface area contributed by atoms with Gasteiger partial charge < -0.3 is 15.4 Å². The molecule has 3 unspecified atom stereocenters. The van der Waals surface area contributed by atoms with Crippen LogP contribution < -0.4 is 15.4 Å². The summed E-state index contributed by atoms with van der Waals surface area (Å²) < 4.78 is 5.60. The second-order valence-electron chi connectivity index (χ2n) is 6.38. The van der Waals surface area contributed by atoms with Crippen molar-refractivity contribution in [3.8, 4) is 5.75 Å². The SMILES string of the molecule is CC1Oc2ccccc2N(CC(=O)N2CC(CN)CC2C)C1=O. The summed E-state index contributed by atoms with van der Waals surface area (Å²) in [6, 6.07) is 7.49. The molecular weight excluding hydrogens is 294 g/mol. The van der Waals surface area contributed by atoms with E-state index >= 15 is 0 Å². The average Bonchev–Trinajstić information content (AvgIpc) is 2.93. The number of amides is 2. The summed E-state index contributed by atoms with van der Waals surface area (Å²) in [5.41, 5.74) is 6.39. The summed E-state index contributed by atoms with van der Waals surface area (Å²) in [6.07, 6.45) is 0.345. The molecule has 0 saturated carbocycles. The summed E-state index contributed by atoms with van der Waals surface area (Å²) in [4.78, 5) is 28.5. The Labute approximate surface area is 136 Å². The van der Waals surface area contributed by atoms with Crippen LogP contribution in [0, 0.1) is 5.92 Å². The number of likely N-dealkylation sites (tertiary alicyclic amines) is 1. The first-order valence-corrected chi connectivity index (χ1v) is 8.08. The molecule has 3 atom stereocenters. The number of benzene rings is 1. The van der Waals surface area contributed by atoms with E-state index in [4.69, 9.17) is 10.5 Å². The van der Waals surface area contributed by atoms with Crippen LogP contribution in [-0.4, -0.2) is 48.5 Å². The van der Waals surface area contributed by atoms with E-state index < -0.39 is 6.10 Å². The number of ether oxygens (including phenoxy) is 1. The highest BCUT2D eigenvalue weighted by Gasteiger charge is 2.36. The van der Waals surface area contributed by atoms with Crippen LogP contribution in [0.15, 0.2) is 24.3 Å². The Hall–Kier alpha value is -2.08. The lowest BCUT2D eigenvalue weighted by Crippen LogP contribution is -2.50. The van der Waals surface area contributed by atoms with Gasteiger partial charge in [-0.2, -0.15) is 0 Å². The molecule has 6 nitrogen and oxygen atoms in total. The average molecular weight is 317 g/mol. The number of carbonyl (C=O) groups excluding carboxylic acids is 2. The number of anilines is 1. The molecule has 2 aliphatic rings. The molecule has 0 bridgehead atoms. The van der Waals surface area contributed by atoms with Crippen molar-refractivity contribution in [3.05, 3.63) is 24.3 Å². The molecule has 2 amide bonds. The van der Waals surface area contributed by atoms with E-state index in [2.05, 4.69) is 0 Å². The van der Waals surface area contributed by atoms with Crippen LogP contribution in [0.25, 0.3) is 0 Å². The molecule has 3 rings (SSSR count). The molecule has 1 aromatic carbocycles. The van der Waals surface area contributed by atoms with Gasteiger partial charge in [-0.1, -0.05) is 12.1 Å². The zero-order chi connectivity index (χ0) is 16.6. The van der Waals surface area contributed by atoms with Crippen molar-refractivity contribution in [1.29, 1.82) is 0 Å². The first kappa shape index (κ1) is 15.8. The maximum absolute atomic E-state index is 12.7. The molecular formula is C17H23N3O3. The van der Waals surface area contributed by atoms with Crippen LogP contribution in [0.5, 0.6) is 5.75 Å². The van der Waals surface area contributed by atoms with E-state index in [1.54, 1.807) is 6.92 Å². The van der Waals surface area contributed by atoms with Gasteiger partial charge in [-0.3, -0.25) is 14.5 Å². The van der Waals surface area contributed by atoms with E-state index in [0.717, 1.165) is 6.42 Å². The van der Waals surface area contributed by atoms with E-state index in [1.165, 1.54) is 4.90 Å². The van der Waals surface area contributed by atoms with Crippen LogP contribution in [-0.2, 0) is 9.59 Å². The maximum atomic E-state index is 12.7. The molecule has 2 N–H and O–H groups in total. The Morgan fingerprint density at radius 3 is 2.78 bits per heavy atom. The number of para-hydroxylation sites is 2. The largest absolute Gasteiger partial charge is 0.479 e. The second-order valence-corrected chi connectivity index (χ2v) is 6.38. The summed E-state index contributed by atoms with van der Waals surface area (Å²) >= 11 is 0. The molecule has 23 heavy (non-hydrogen) atoms. The number of fused-ring (bicyclic) bond motifs is 1. The van der Waals surface area contributed by atoms with E-state index in [9.17, 15) is 9.59 Å².